The summed E-state index contributed by atoms with van der Waals surface area (Å²) in [5, 5.41) is 4.50. The molecule has 0 radical (unpaired) electrons. The Balaban J connectivity index is 2.45. The highest BCUT2D eigenvalue weighted by Gasteiger charge is 2.16. The van der Waals surface area contributed by atoms with Crippen molar-refractivity contribution in [1.29, 1.82) is 0 Å². The van der Waals surface area contributed by atoms with Crippen molar-refractivity contribution in [3.05, 3.63) is 67.2 Å². The average molecular weight is 414 g/mol. The van der Waals surface area contributed by atoms with E-state index in [1.807, 2.05) is 0 Å². The monoisotopic (exact) mass is 413 g/mol. The van der Waals surface area contributed by atoms with Crippen LogP contribution in [0, 0.1) is 17.4 Å². The molecule has 2 rings (SSSR count). The largest absolute Gasteiger partial charge is 0.306 e. The first-order chi connectivity index (χ1) is 10.0. The van der Waals surface area contributed by atoms with Gasteiger partial charge in [0.1, 0.15) is 0 Å². The van der Waals surface area contributed by atoms with Crippen LogP contribution >= 0.6 is 34.2 Å². The first kappa shape index (κ1) is 16.8. The van der Waals surface area contributed by atoms with E-state index in [-0.39, 0.29) is 6.04 Å². The maximum Gasteiger partial charge on any atom is 0.0579 e. The van der Waals surface area contributed by atoms with Crippen molar-refractivity contribution < 1.29 is 0 Å². The van der Waals surface area contributed by atoms with E-state index in [0.29, 0.717) is 0 Å². The van der Waals surface area contributed by atoms with Gasteiger partial charge in [0.15, 0.2) is 0 Å². The Kier molecular flexibility index (Phi) is 6.08. The second kappa shape index (κ2) is 7.61. The van der Waals surface area contributed by atoms with E-state index < -0.39 is 0 Å². The van der Waals surface area contributed by atoms with Gasteiger partial charge in [0.25, 0.3) is 0 Å². The molecular weight excluding hydrogens is 393 g/mol. The molecule has 2 aromatic rings. The van der Waals surface area contributed by atoms with E-state index in [1.165, 1.54) is 20.3 Å². The lowest BCUT2D eigenvalue weighted by Crippen LogP contribution is -2.24. The molecule has 0 amide bonds. The standard InChI is InChI=1S/C18H21ClIN/c1-4-9-21-18(14-5-7-15(20)8-6-14)16-10-13(3)17(19)11-12(16)2/h5-8,10-11,18,21H,4,9H2,1-3H3. The fourth-order valence-electron chi connectivity index (χ4n) is 2.47. The maximum atomic E-state index is 6.24. The first-order valence-corrected chi connectivity index (χ1v) is 8.74. The van der Waals surface area contributed by atoms with Gasteiger partial charge in [0, 0.05) is 8.59 Å². The van der Waals surface area contributed by atoms with E-state index in [1.54, 1.807) is 0 Å². The molecule has 0 saturated carbocycles. The Morgan fingerprint density at radius 1 is 1.10 bits per heavy atom. The predicted molar refractivity (Wildman–Crippen MR) is 100 cm³/mol. The summed E-state index contributed by atoms with van der Waals surface area (Å²) in [6, 6.07) is 13.2. The number of halogens is 2. The summed E-state index contributed by atoms with van der Waals surface area (Å²) >= 11 is 8.58. The lowest BCUT2D eigenvalue weighted by Gasteiger charge is -2.22. The van der Waals surface area contributed by atoms with Gasteiger partial charge in [0.2, 0.25) is 0 Å². The van der Waals surface area contributed by atoms with Gasteiger partial charge in [-0.05, 0) is 89.9 Å². The minimum atomic E-state index is 0.220. The zero-order valence-corrected chi connectivity index (χ0v) is 15.6. The molecule has 0 heterocycles. The van der Waals surface area contributed by atoms with Crippen LogP contribution in [0.15, 0.2) is 36.4 Å². The Morgan fingerprint density at radius 2 is 1.76 bits per heavy atom. The van der Waals surface area contributed by atoms with E-state index in [4.69, 9.17) is 11.6 Å². The summed E-state index contributed by atoms with van der Waals surface area (Å²) in [4.78, 5) is 0. The first-order valence-electron chi connectivity index (χ1n) is 7.28. The molecule has 2 aromatic carbocycles. The van der Waals surface area contributed by atoms with Crippen molar-refractivity contribution >= 4 is 34.2 Å². The van der Waals surface area contributed by atoms with Crippen molar-refractivity contribution in [2.45, 2.75) is 33.2 Å². The maximum absolute atomic E-state index is 6.24. The molecule has 3 heteroatoms. The summed E-state index contributed by atoms with van der Waals surface area (Å²) in [5.74, 6) is 0. The van der Waals surface area contributed by atoms with Gasteiger partial charge in [0.05, 0.1) is 6.04 Å². The lowest BCUT2D eigenvalue weighted by molar-refractivity contribution is 0.596. The molecule has 1 unspecified atom stereocenters. The van der Waals surface area contributed by atoms with E-state index in [0.717, 1.165) is 23.6 Å². The molecule has 0 fully saturated rings. The molecule has 21 heavy (non-hydrogen) atoms. The van der Waals surface area contributed by atoms with Gasteiger partial charge >= 0.3 is 0 Å². The zero-order valence-electron chi connectivity index (χ0n) is 12.7. The van der Waals surface area contributed by atoms with Crippen LogP contribution in [0.4, 0.5) is 0 Å². The zero-order chi connectivity index (χ0) is 15.4. The third-order valence-corrected chi connectivity index (χ3v) is 4.79. The smallest absolute Gasteiger partial charge is 0.0579 e. The van der Waals surface area contributed by atoms with Crippen molar-refractivity contribution in [2.24, 2.45) is 0 Å². The van der Waals surface area contributed by atoms with Crippen LogP contribution in [-0.2, 0) is 0 Å². The molecular formula is C18H21ClIN. The number of rotatable bonds is 5. The van der Waals surface area contributed by atoms with Gasteiger partial charge < -0.3 is 5.32 Å². The number of aryl methyl sites for hydroxylation is 2. The summed E-state index contributed by atoms with van der Waals surface area (Å²) in [6.07, 6.45) is 1.12. The van der Waals surface area contributed by atoms with Crippen LogP contribution in [0.3, 0.4) is 0 Å². The second-order valence-electron chi connectivity index (χ2n) is 5.40. The number of benzene rings is 2. The minimum absolute atomic E-state index is 0.220. The number of nitrogens with one attached hydrogen (secondary N) is 1. The Morgan fingerprint density at radius 3 is 2.38 bits per heavy atom. The number of hydrogen-bond acceptors (Lipinski definition) is 1. The summed E-state index contributed by atoms with van der Waals surface area (Å²) < 4.78 is 1.26. The van der Waals surface area contributed by atoms with Crippen LogP contribution in [0.2, 0.25) is 5.02 Å². The number of hydrogen-bond donors (Lipinski definition) is 1. The van der Waals surface area contributed by atoms with Gasteiger partial charge in [-0.25, -0.2) is 0 Å². The molecule has 0 bridgehead atoms. The highest BCUT2D eigenvalue weighted by molar-refractivity contribution is 14.1. The molecule has 1 atom stereocenters. The second-order valence-corrected chi connectivity index (χ2v) is 7.05. The summed E-state index contributed by atoms with van der Waals surface area (Å²) in [5.41, 5.74) is 4.98. The fraction of sp³-hybridized carbons (Fsp3) is 0.333. The van der Waals surface area contributed by atoms with E-state index in [2.05, 4.69) is 85.1 Å². The van der Waals surface area contributed by atoms with Crippen LogP contribution in [0.25, 0.3) is 0 Å². The minimum Gasteiger partial charge on any atom is -0.306 e. The van der Waals surface area contributed by atoms with Crippen molar-refractivity contribution in [3.8, 4) is 0 Å². The molecule has 0 aromatic heterocycles. The fourth-order valence-corrected chi connectivity index (χ4v) is 3.04. The summed E-state index contributed by atoms with van der Waals surface area (Å²) in [7, 11) is 0. The molecule has 0 aliphatic rings. The molecule has 112 valence electrons. The van der Waals surface area contributed by atoms with Crippen LogP contribution in [0.1, 0.15) is 41.6 Å². The lowest BCUT2D eigenvalue weighted by atomic mass is 9.93. The van der Waals surface area contributed by atoms with Gasteiger partial charge in [-0.2, -0.15) is 0 Å². The molecule has 0 aliphatic heterocycles. The SMILES string of the molecule is CCCNC(c1ccc(I)cc1)c1cc(C)c(Cl)cc1C. The molecule has 0 aliphatic carbocycles. The van der Waals surface area contributed by atoms with E-state index in [9.17, 15) is 0 Å². The Labute approximate surface area is 146 Å². The third-order valence-electron chi connectivity index (χ3n) is 3.66. The predicted octanol–water partition coefficient (Wildman–Crippen LogP) is 5.65. The van der Waals surface area contributed by atoms with Crippen molar-refractivity contribution in [1.82, 2.24) is 5.32 Å². The normalized spacial score (nSPS) is 12.4. The molecule has 1 N–H and O–H groups in total. The Hall–Kier alpha value is -0.580. The highest BCUT2D eigenvalue weighted by Crippen LogP contribution is 2.29. The van der Waals surface area contributed by atoms with E-state index >= 15 is 0 Å². The summed E-state index contributed by atoms with van der Waals surface area (Å²) in [6.45, 7) is 7.39. The van der Waals surface area contributed by atoms with Gasteiger partial charge in [-0.1, -0.05) is 36.7 Å². The quantitative estimate of drug-likeness (QED) is 0.625. The average Bonchev–Trinajstić information content (AvgIpc) is 2.46. The van der Waals surface area contributed by atoms with Crippen LogP contribution in [-0.4, -0.2) is 6.54 Å². The van der Waals surface area contributed by atoms with Gasteiger partial charge in [-0.15, -0.1) is 0 Å². The van der Waals surface area contributed by atoms with Gasteiger partial charge in [-0.3, -0.25) is 0 Å². The van der Waals surface area contributed by atoms with Crippen molar-refractivity contribution in [2.75, 3.05) is 6.54 Å². The topological polar surface area (TPSA) is 12.0 Å². The molecule has 0 saturated heterocycles. The molecule has 0 spiro atoms. The van der Waals surface area contributed by atoms with Crippen LogP contribution < -0.4 is 5.32 Å². The molecule has 1 nitrogen and oxygen atoms in total. The van der Waals surface area contributed by atoms with Crippen LogP contribution in [0.5, 0.6) is 0 Å². The highest BCUT2D eigenvalue weighted by atomic mass is 127. The van der Waals surface area contributed by atoms with Crippen molar-refractivity contribution in [3.63, 3.8) is 0 Å². The Bertz CT molecular complexity index is 607. The third kappa shape index (κ3) is 4.21.